The number of hydrogen-bond donors (Lipinski definition) is 1. The predicted octanol–water partition coefficient (Wildman–Crippen LogP) is 1.58. The number of nitrogens with zero attached hydrogens (tertiary/aromatic N) is 2. The highest BCUT2D eigenvalue weighted by molar-refractivity contribution is 6.09. The maximum absolute atomic E-state index is 13.0. The number of likely N-dealkylation sites (tertiary alicyclic amines) is 1. The summed E-state index contributed by atoms with van der Waals surface area (Å²) in [5.74, 6) is 0.520. The third-order valence-electron chi connectivity index (χ3n) is 5.48. The summed E-state index contributed by atoms with van der Waals surface area (Å²) in [5.41, 5.74) is -0.647. The second-order valence-electron chi connectivity index (χ2n) is 7.31. The molecule has 0 spiro atoms. The first-order valence-electron chi connectivity index (χ1n) is 9.31. The van der Waals surface area contributed by atoms with Crippen molar-refractivity contribution < 1.29 is 23.9 Å². The van der Waals surface area contributed by atoms with Gasteiger partial charge in [0.2, 0.25) is 12.7 Å². The third-order valence-corrected chi connectivity index (χ3v) is 5.48. The third kappa shape index (κ3) is 3.09. The Balaban J connectivity index is 1.52. The molecule has 0 aromatic heterocycles. The van der Waals surface area contributed by atoms with Crippen LogP contribution in [0.4, 0.5) is 4.79 Å². The second kappa shape index (κ2) is 6.75. The first kappa shape index (κ1) is 17.6. The molecule has 0 aliphatic carbocycles. The van der Waals surface area contributed by atoms with Crippen LogP contribution in [0.15, 0.2) is 18.2 Å². The highest BCUT2D eigenvalue weighted by atomic mass is 16.7. The van der Waals surface area contributed by atoms with Gasteiger partial charge >= 0.3 is 6.03 Å². The molecule has 1 aromatic carbocycles. The van der Waals surface area contributed by atoms with E-state index in [4.69, 9.17) is 9.47 Å². The van der Waals surface area contributed by atoms with Gasteiger partial charge in [0.1, 0.15) is 12.1 Å². The minimum absolute atomic E-state index is 0.131. The van der Waals surface area contributed by atoms with E-state index in [-0.39, 0.29) is 19.2 Å². The molecular formula is C19H23N3O5. The lowest BCUT2D eigenvalue weighted by Crippen LogP contribution is -2.44. The number of benzene rings is 1. The van der Waals surface area contributed by atoms with E-state index in [0.29, 0.717) is 30.2 Å². The fourth-order valence-corrected chi connectivity index (χ4v) is 3.80. The molecule has 4 amide bonds. The van der Waals surface area contributed by atoms with Gasteiger partial charge in [-0.1, -0.05) is 18.9 Å². The molecule has 2 fully saturated rings. The van der Waals surface area contributed by atoms with E-state index in [2.05, 4.69) is 5.32 Å². The number of imide groups is 1. The Kier molecular flexibility index (Phi) is 4.41. The first-order chi connectivity index (χ1) is 13.0. The minimum atomic E-state index is -1.24. The van der Waals surface area contributed by atoms with Gasteiger partial charge < -0.3 is 19.7 Å². The highest BCUT2D eigenvalue weighted by Gasteiger charge is 2.50. The average molecular weight is 373 g/mol. The summed E-state index contributed by atoms with van der Waals surface area (Å²) in [6.45, 7) is 2.90. The molecule has 3 aliphatic heterocycles. The first-order valence-corrected chi connectivity index (χ1v) is 9.31. The highest BCUT2D eigenvalue weighted by Crippen LogP contribution is 2.37. The number of carbonyl (C=O) groups is 3. The van der Waals surface area contributed by atoms with Crippen LogP contribution in [0.25, 0.3) is 0 Å². The Labute approximate surface area is 157 Å². The van der Waals surface area contributed by atoms with Crippen molar-refractivity contribution in [3.63, 3.8) is 0 Å². The standard InChI is InChI=1S/C19H23N3O5/c1-19(13-6-7-14-15(10-13)27-12-26-14)17(24)22(18(25)20-19)11-16(23)21-8-4-2-3-5-9-21/h6-7,10H,2-5,8-9,11-12H2,1H3,(H,20,25). The number of urea groups is 1. The zero-order chi connectivity index (χ0) is 19.0. The van der Waals surface area contributed by atoms with Crippen LogP contribution in [0, 0.1) is 0 Å². The number of fused-ring (bicyclic) bond motifs is 1. The Morgan fingerprint density at radius 2 is 1.81 bits per heavy atom. The summed E-state index contributed by atoms with van der Waals surface area (Å²) < 4.78 is 10.7. The maximum atomic E-state index is 13.0. The topological polar surface area (TPSA) is 88.2 Å². The van der Waals surface area contributed by atoms with Crippen molar-refractivity contribution >= 4 is 17.8 Å². The summed E-state index contributed by atoms with van der Waals surface area (Å²) in [7, 11) is 0. The van der Waals surface area contributed by atoms with Crippen molar-refractivity contribution in [2.45, 2.75) is 38.1 Å². The van der Waals surface area contributed by atoms with Gasteiger partial charge in [0.15, 0.2) is 11.5 Å². The molecule has 144 valence electrons. The van der Waals surface area contributed by atoms with E-state index >= 15 is 0 Å². The second-order valence-corrected chi connectivity index (χ2v) is 7.31. The molecule has 0 radical (unpaired) electrons. The van der Waals surface area contributed by atoms with Gasteiger partial charge in [0.25, 0.3) is 5.91 Å². The zero-order valence-corrected chi connectivity index (χ0v) is 15.3. The van der Waals surface area contributed by atoms with Crippen LogP contribution in [-0.2, 0) is 15.1 Å². The number of nitrogens with one attached hydrogen (secondary N) is 1. The van der Waals surface area contributed by atoms with Crippen LogP contribution in [-0.4, -0.2) is 54.1 Å². The maximum Gasteiger partial charge on any atom is 0.325 e. The molecule has 0 saturated carbocycles. The van der Waals surface area contributed by atoms with Crippen LogP contribution in [0.2, 0.25) is 0 Å². The minimum Gasteiger partial charge on any atom is -0.454 e. The zero-order valence-electron chi connectivity index (χ0n) is 15.3. The normalized spacial score (nSPS) is 24.8. The van der Waals surface area contributed by atoms with Crippen molar-refractivity contribution in [1.82, 2.24) is 15.1 Å². The van der Waals surface area contributed by atoms with Crippen LogP contribution in [0.5, 0.6) is 11.5 Å². The van der Waals surface area contributed by atoms with Gasteiger partial charge in [-0.05, 0) is 37.5 Å². The van der Waals surface area contributed by atoms with Gasteiger partial charge in [-0.2, -0.15) is 0 Å². The molecule has 8 heteroatoms. The van der Waals surface area contributed by atoms with Crippen LogP contribution in [0.1, 0.15) is 38.2 Å². The molecule has 1 unspecified atom stereocenters. The molecule has 2 saturated heterocycles. The molecule has 0 bridgehead atoms. The molecule has 1 aromatic rings. The number of amides is 4. The van der Waals surface area contributed by atoms with Crippen molar-refractivity contribution in [3.8, 4) is 11.5 Å². The van der Waals surface area contributed by atoms with Crippen molar-refractivity contribution in [2.75, 3.05) is 26.4 Å². The van der Waals surface area contributed by atoms with Gasteiger partial charge in [0, 0.05) is 13.1 Å². The molecule has 8 nitrogen and oxygen atoms in total. The van der Waals surface area contributed by atoms with E-state index in [9.17, 15) is 14.4 Å². The van der Waals surface area contributed by atoms with E-state index in [0.717, 1.165) is 30.6 Å². The predicted molar refractivity (Wildman–Crippen MR) is 95.2 cm³/mol. The molecule has 3 heterocycles. The van der Waals surface area contributed by atoms with E-state index in [1.54, 1.807) is 30.0 Å². The number of hydrogen-bond acceptors (Lipinski definition) is 5. The molecular weight excluding hydrogens is 350 g/mol. The fourth-order valence-electron chi connectivity index (χ4n) is 3.80. The fraction of sp³-hybridized carbons (Fsp3) is 0.526. The van der Waals surface area contributed by atoms with E-state index < -0.39 is 17.5 Å². The number of carbonyl (C=O) groups excluding carboxylic acids is 3. The molecule has 1 atom stereocenters. The Morgan fingerprint density at radius 3 is 2.56 bits per heavy atom. The largest absolute Gasteiger partial charge is 0.454 e. The smallest absolute Gasteiger partial charge is 0.325 e. The van der Waals surface area contributed by atoms with Crippen molar-refractivity contribution in [3.05, 3.63) is 23.8 Å². The van der Waals surface area contributed by atoms with Gasteiger partial charge in [-0.25, -0.2) is 4.79 Å². The lowest BCUT2D eigenvalue weighted by Gasteiger charge is -2.24. The quantitative estimate of drug-likeness (QED) is 0.813. The number of rotatable bonds is 3. The van der Waals surface area contributed by atoms with Gasteiger partial charge in [-0.15, -0.1) is 0 Å². The van der Waals surface area contributed by atoms with Crippen LogP contribution < -0.4 is 14.8 Å². The molecule has 27 heavy (non-hydrogen) atoms. The average Bonchev–Trinajstić information content (AvgIpc) is 3.07. The summed E-state index contributed by atoms with van der Waals surface area (Å²) in [4.78, 5) is 40.9. The summed E-state index contributed by atoms with van der Waals surface area (Å²) in [5, 5.41) is 2.73. The Bertz CT molecular complexity index is 788. The van der Waals surface area contributed by atoms with Crippen LogP contribution >= 0.6 is 0 Å². The monoisotopic (exact) mass is 373 g/mol. The summed E-state index contributed by atoms with van der Waals surface area (Å²) >= 11 is 0. The van der Waals surface area contributed by atoms with Gasteiger partial charge in [-0.3, -0.25) is 14.5 Å². The SMILES string of the molecule is CC1(c2ccc3c(c2)OCO3)NC(=O)N(CC(=O)N2CCCCCC2)C1=O. The summed E-state index contributed by atoms with van der Waals surface area (Å²) in [6, 6.07) is 4.59. The summed E-state index contributed by atoms with van der Waals surface area (Å²) in [6.07, 6.45) is 4.13. The Morgan fingerprint density at radius 1 is 1.11 bits per heavy atom. The lowest BCUT2D eigenvalue weighted by molar-refractivity contribution is -0.138. The van der Waals surface area contributed by atoms with E-state index in [1.807, 2.05) is 0 Å². The number of ether oxygens (including phenoxy) is 2. The molecule has 1 N–H and O–H groups in total. The van der Waals surface area contributed by atoms with Crippen molar-refractivity contribution in [1.29, 1.82) is 0 Å². The lowest BCUT2D eigenvalue weighted by atomic mass is 9.91. The van der Waals surface area contributed by atoms with Gasteiger partial charge in [0.05, 0.1) is 0 Å². The molecule has 3 aliphatic rings. The molecule has 4 rings (SSSR count). The van der Waals surface area contributed by atoms with Crippen molar-refractivity contribution in [2.24, 2.45) is 0 Å². The Hall–Kier alpha value is -2.77. The van der Waals surface area contributed by atoms with Crippen LogP contribution in [0.3, 0.4) is 0 Å². The van der Waals surface area contributed by atoms with E-state index in [1.165, 1.54) is 0 Å².